The lowest BCUT2D eigenvalue weighted by Gasteiger charge is -2.13. The van der Waals surface area contributed by atoms with Crippen LogP contribution in [0.5, 0.6) is 0 Å². The third kappa shape index (κ3) is 5.30. The molecule has 0 unspecified atom stereocenters. The highest BCUT2D eigenvalue weighted by atomic mass is 32.2. The molecule has 166 valence electrons. The lowest BCUT2D eigenvalue weighted by Crippen LogP contribution is -2.17. The number of carbonyl (C=O) groups excluding carboxylic acids is 1. The van der Waals surface area contributed by atoms with Crippen molar-refractivity contribution in [3.8, 4) is 23.3 Å². The molecular weight excluding hydrogens is 460 g/mol. The Kier molecular flexibility index (Phi) is 6.99. The fourth-order valence-electron chi connectivity index (χ4n) is 3.03. The maximum absolute atomic E-state index is 12.6. The van der Waals surface area contributed by atoms with Crippen LogP contribution in [-0.2, 0) is 14.8 Å². The Morgan fingerprint density at radius 1 is 1.12 bits per heavy atom. The number of pyridine rings is 1. The van der Waals surface area contributed by atoms with E-state index in [0.29, 0.717) is 22.4 Å². The number of nitrogen functional groups attached to an aromatic ring is 1. The number of aryl methyl sites for hydroxylation is 1. The molecule has 0 saturated heterocycles. The number of rotatable bonds is 6. The van der Waals surface area contributed by atoms with Gasteiger partial charge in [-0.1, -0.05) is 48.2 Å². The van der Waals surface area contributed by atoms with Gasteiger partial charge in [0.15, 0.2) is 0 Å². The van der Waals surface area contributed by atoms with Crippen LogP contribution in [0.25, 0.3) is 11.1 Å². The average Bonchev–Trinajstić information content (AvgIpc) is 2.78. The van der Waals surface area contributed by atoms with Crippen molar-refractivity contribution >= 4 is 39.2 Å². The zero-order valence-electron chi connectivity index (χ0n) is 17.4. The Balaban J connectivity index is 1.90. The minimum Gasteiger partial charge on any atom is -0.383 e. The summed E-state index contributed by atoms with van der Waals surface area (Å²) < 4.78 is 23.2. The molecule has 0 spiro atoms. The van der Waals surface area contributed by atoms with Gasteiger partial charge in [0.25, 0.3) is 0 Å². The summed E-state index contributed by atoms with van der Waals surface area (Å²) in [6, 6.07) is 17.1. The van der Waals surface area contributed by atoms with Crippen LogP contribution >= 0.6 is 11.8 Å². The highest BCUT2D eigenvalue weighted by Crippen LogP contribution is 2.35. The van der Waals surface area contributed by atoms with Crippen molar-refractivity contribution in [2.24, 2.45) is 5.14 Å². The fourth-order valence-corrected chi connectivity index (χ4v) is 4.36. The van der Waals surface area contributed by atoms with Gasteiger partial charge in [-0.25, -0.2) is 18.5 Å². The number of nitrogens with zero attached hydrogens (tertiary/aromatic N) is 3. The van der Waals surface area contributed by atoms with Gasteiger partial charge in [0.05, 0.1) is 16.2 Å². The summed E-state index contributed by atoms with van der Waals surface area (Å²) in [7, 11) is -3.93. The van der Waals surface area contributed by atoms with Crippen LogP contribution in [0.4, 0.5) is 11.5 Å². The van der Waals surface area contributed by atoms with Crippen molar-refractivity contribution in [2.75, 3.05) is 16.8 Å². The number of anilines is 2. The summed E-state index contributed by atoms with van der Waals surface area (Å²) in [5.41, 5.74) is 8.12. The summed E-state index contributed by atoms with van der Waals surface area (Å²) in [6.07, 6.45) is 0. The number of sulfonamides is 1. The predicted molar refractivity (Wildman–Crippen MR) is 125 cm³/mol. The fraction of sp³-hybridized carbons (Fsp3) is 0.0909. The van der Waals surface area contributed by atoms with Gasteiger partial charge in [-0.15, -0.1) is 0 Å². The molecule has 0 aliphatic heterocycles. The number of nitrogens with two attached hydrogens (primary N) is 2. The number of benzene rings is 2. The molecule has 0 fully saturated rings. The van der Waals surface area contributed by atoms with Gasteiger partial charge in [0.1, 0.15) is 28.5 Å². The normalized spacial score (nSPS) is 10.8. The van der Waals surface area contributed by atoms with Gasteiger partial charge in [-0.3, -0.25) is 4.79 Å². The monoisotopic (exact) mass is 478 g/mol. The summed E-state index contributed by atoms with van der Waals surface area (Å²) >= 11 is 0.979. The summed E-state index contributed by atoms with van der Waals surface area (Å²) in [5, 5.41) is 27.4. The number of thioether (sulfide) groups is 1. The molecule has 2 aromatic carbocycles. The first-order valence-corrected chi connectivity index (χ1v) is 11.9. The molecule has 1 aromatic heterocycles. The summed E-state index contributed by atoms with van der Waals surface area (Å²) in [4.78, 5) is 16.6. The van der Waals surface area contributed by atoms with Crippen molar-refractivity contribution < 1.29 is 13.2 Å². The maximum Gasteiger partial charge on any atom is 0.238 e. The predicted octanol–water partition coefficient (Wildman–Crippen LogP) is 2.76. The van der Waals surface area contributed by atoms with Crippen molar-refractivity contribution in [1.29, 1.82) is 10.5 Å². The molecule has 5 N–H and O–H groups in total. The van der Waals surface area contributed by atoms with E-state index in [0.717, 1.165) is 11.8 Å². The van der Waals surface area contributed by atoms with E-state index in [9.17, 15) is 23.7 Å². The van der Waals surface area contributed by atoms with Crippen LogP contribution in [-0.4, -0.2) is 25.1 Å². The van der Waals surface area contributed by atoms with Crippen molar-refractivity contribution in [2.45, 2.75) is 16.8 Å². The number of nitriles is 2. The number of hydrogen-bond acceptors (Lipinski definition) is 8. The van der Waals surface area contributed by atoms with Crippen LogP contribution in [0.2, 0.25) is 0 Å². The quantitative estimate of drug-likeness (QED) is 0.453. The molecule has 0 radical (unpaired) electrons. The Hall–Kier alpha value is -3.90. The third-order valence-electron chi connectivity index (χ3n) is 4.63. The molecule has 3 rings (SSSR count). The van der Waals surface area contributed by atoms with Gasteiger partial charge in [-0.2, -0.15) is 10.5 Å². The Morgan fingerprint density at radius 2 is 1.79 bits per heavy atom. The second-order valence-electron chi connectivity index (χ2n) is 6.88. The van der Waals surface area contributed by atoms with E-state index in [4.69, 9.17) is 10.9 Å². The standard InChI is InChI=1S/C22H18N6O3S2/c1-13-7-8-15(33(26,30)31)9-18(13)27-19(29)12-32-22-17(11-24)20(14-5-3-2-4-6-14)16(10-23)21(25)28-22/h2-9H,12H2,1H3,(H2,25,28)(H,27,29)(H2,26,30,31). The summed E-state index contributed by atoms with van der Waals surface area (Å²) in [5.74, 6) is -0.639. The molecule has 9 nitrogen and oxygen atoms in total. The first-order valence-electron chi connectivity index (χ1n) is 9.41. The number of hydrogen-bond donors (Lipinski definition) is 3. The van der Waals surface area contributed by atoms with Gasteiger partial charge in [0, 0.05) is 11.3 Å². The molecule has 3 aromatic rings. The summed E-state index contributed by atoms with van der Waals surface area (Å²) in [6.45, 7) is 1.71. The highest BCUT2D eigenvalue weighted by molar-refractivity contribution is 8.00. The van der Waals surface area contributed by atoms with Crippen LogP contribution in [0, 0.1) is 29.6 Å². The smallest absolute Gasteiger partial charge is 0.238 e. The molecule has 0 bridgehead atoms. The zero-order valence-corrected chi connectivity index (χ0v) is 19.0. The lowest BCUT2D eigenvalue weighted by atomic mass is 9.97. The average molecular weight is 479 g/mol. The van der Waals surface area contributed by atoms with Crippen LogP contribution in [0.1, 0.15) is 16.7 Å². The van der Waals surface area contributed by atoms with Crippen LogP contribution in [0.3, 0.4) is 0 Å². The van der Waals surface area contributed by atoms with Crippen molar-refractivity contribution in [3.63, 3.8) is 0 Å². The van der Waals surface area contributed by atoms with Gasteiger partial charge in [-0.05, 0) is 30.2 Å². The van der Waals surface area contributed by atoms with E-state index in [1.807, 2.05) is 6.07 Å². The molecule has 0 saturated carbocycles. The van der Waals surface area contributed by atoms with Gasteiger partial charge >= 0.3 is 0 Å². The number of carbonyl (C=O) groups is 1. The van der Waals surface area contributed by atoms with Gasteiger partial charge in [0.2, 0.25) is 15.9 Å². The highest BCUT2D eigenvalue weighted by Gasteiger charge is 2.21. The second kappa shape index (κ2) is 9.71. The first-order chi connectivity index (χ1) is 15.7. The number of primary sulfonamides is 1. The molecule has 33 heavy (non-hydrogen) atoms. The van der Waals surface area contributed by atoms with E-state index in [1.54, 1.807) is 37.3 Å². The molecular formula is C22H18N6O3S2. The second-order valence-corrected chi connectivity index (χ2v) is 9.40. The molecule has 0 aliphatic rings. The van der Waals surface area contributed by atoms with Crippen molar-refractivity contribution in [1.82, 2.24) is 4.98 Å². The Labute approximate surface area is 195 Å². The van der Waals surface area contributed by atoms with Gasteiger partial charge < -0.3 is 11.1 Å². The van der Waals surface area contributed by atoms with E-state index in [2.05, 4.69) is 16.4 Å². The van der Waals surface area contributed by atoms with Crippen LogP contribution in [0.15, 0.2) is 58.5 Å². The van der Waals surface area contributed by atoms with Crippen molar-refractivity contribution in [3.05, 3.63) is 65.2 Å². The zero-order chi connectivity index (χ0) is 24.2. The molecule has 0 atom stereocenters. The lowest BCUT2D eigenvalue weighted by molar-refractivity contribution is -0.113. The largest absolute Gasteiger partial charge is 0.383 e. The minimum atomic E-state index is -3.93. The van der Waals surface area contributed by atoms with E-state index < -0.39 is 15.9 Å². The Morgan fingerprint density at radius 3 is 2.39 bits per heavy atom. The number of aromatic nitrogens is 1. The molecule has 1 heterocycles. The molecule has 0 aliphatic carbocycles. The molecule has 1 amide bonds. The van der Waals surface area contributed by atoms with Crippen LogP contribution < -0.4 is 16.2 Å². The van der Waals surface area contributed by atoms with E-state index in [-0.39, 0.29) is 32.6 Å². The third-order valence-corrected chi connectivity index (χ3v) is 6.52. The maximum atomic E-state index is 12.6. The number of amides is 1. The molecule has 11 heteroatoms. The minimum absolute atomic E-state index is 0.0463. The first kappa shape index (κ1) is 23.8. The van der Waals surface area contributed by atoms with E-state index >= 15 is 0 Å². The van der Waals surface area contributed by atoms with E-state index in [1.165, 1.54) is 18.2 Å². The Bertz CT molecular complexity index is 1430. The topological polar surface area (TPSA) is 176 Å². The number of nitrogens with one attached hydrogen (secondary N) is 1. The SMILES string of the molecule is Cc1ccc(S(N)(=O)=O)cc1NC(=O)CSc1nc(N)c(C#N)c(-c2ccccc2)c1C#N.